The van der Waals surface area contributed by atoms with Crippen molar-refractivity contribution in [1.82, 2.24) is 0 Å². The van der Waals surface area contributed by atoms with E-state index in [0.717, 1.165) is 70.6 Å². The van der Waals surface area contributed by atoms with E-state index < -0.39 is 15.4 Å². The van der Waals surface area contributed by atoms with Crippen LogP contribution in [0, 0.1) is 0 Å². The molecule has 0 spiro atoms. The smallest absolute Gasteiger partial charge is 0.748 e. The quantitative estimate of drug-likeness (QED) is 0.151. The van der Waals surface area contributed by atoms with Crippen LogP contribution in [-0.2, 0) is 10.1 Å². The molecular weight excluding hydrogens is 407 g/mol. The van der Waals surface area contributed by atoms with Gasteiger partial charge in [-0.1, -0.05) is 117 Å². The third-order valence-corrected chi connectivity index (χ3v) is 7.28. The molecule has 0 bridgehead atoms. The minimum absolute atomic E-state index is 0. The van der Waals surface area contributed by atoms with Crippen molar-refractivity contribution < 1.29 is 47.6 Å². The van der Waals surface area contributed by atoms with Crippen LogP contribution in [0.2, 0.25) is 0 Å². The van der Waals surface area contributed by atoms with E-state index in [1.807, 2.05) is 0 Å². The van der Waals surface area contributed by atoms with Crippen LogP contribution in [0.3, 0.4) is 0 Å². The van der Waals surface area contributed by atoms with Gasteiger partial charge in [-0.15, -0.1) is 0 Å². The first-order chi connectivity index (χ1) is 13.9. The second-order valence-corrected chi connectivity index (χ2v) is 10.5. The Morgan fingerprint density at radius 2 is 0.933 bits per heavy atom. The van der Waals surface area contributed by atoms with Gasteiger partial charge < -0.3 is 9.66 Å². The van der Waals surface area contributed by atoms with E-state index in [-0.39, 0.29) is 35.7 Å². The standard InChI is InChI=1S/C24H50O4S.Na/c1-3-5-7-8-14-17-21-24(29(26,27)28)22-18-15-12-10-9-11-13-16-20-23(25)19-6-4-2;/h23-25H,3-22H2,1-2H3,(H,26,27,28);/q;+1/p-1. The molecule has 0 aromatic carbocycles. The van der Waals surface area contributed by atoms with Gasteiger partial charge in [-0.3, -0.25) is 0 Å². The summed E-state index contributed by atoms with van der Waals surface area (Å²) in [7, 11) is -4.15. The first-order valence-corrected chi connectivity index (χ1v) is 14.0. The SMILES string of the molecule is CCCCCCCCC(CCCCCCCCCCC(O)CCCC)S(=O)(=O)[O-].[Na+]. The van der Waals surface area contributed by atoms with Crippen molar-refractivity contribution in [2.24, 2.45) is 0 Å². The first kappa shape index (κ1) is 33.0. The largest absolute Gasteiger partial charge is 1.00 e. The number of aliphatic hydroxyl groups excluding tert-OH is 1. The monoisotopic (exact) mass is 456 g/mol. The van der Waals surface area contributed by atoms with Gasteiger partial charge in [0.1, 0.15) is 0 Å². The van der Waals surface area contributed by atoms with Gasteiger partial charge in [-0.2, -0.15) is 0 Å². The Kier molecular flexibility index (Phi) is 25.4. The van der Waals surface area contributed by atoms with Crippen molar-refractivity contribution in [3.05, 3.63) is 0 Å². The Hall–Kier alpha value is 0.870. The Labute approximate surface area is 210 Å². The third-order valence-electron chi connectivity index (χ3n) is 5.99. The summed E-state index contributed by atoms with van der Waals surface area (Å²) in [5.74, 6) is 0. The molecule has 0 saturated heterocycles. The van der Waals surface area contributed by atoms with E-state index in [1.165, 1.54) is 44.9 Å². The predicted octanol–water partition coefficient (Wildman–Crippen LogP) is 4.11. The maximum atomic E-state index is 11.5. The molecule has 0 heterocycles. The summed E-state index contributed by atoms with van der Waals surface area (Å²) in [5.41, 5.74) is 0. The van der Waals surface area contributed by atoms with Crippen LogP contribution in [0.25, 0.3) is 0 Å². The Bertz CT molecular complexity index is 442. The molecule has 0 aromatic rings. The van der Waals surface area contributed by atoms with Crippen molar-refractivity contribution in [3.63, 3.8) is 0 Å². The summed E-state index contributed by atoms with van der Waals surface area (Å²) in [6.07, 6.45) is 20.8. The van der Waals surface area contributed by atoms with Crippen LogP contribution in [0.15, 0.2) is 0 Å². The minimum atomic E-state index is -4.15. The molecular formula is C24H49NaO4S. The Morgan fingerprint density at radius 1 is 0.600 bits per heavy atom. The minimum Gasteiger partial charge on any atom is -0.748 e. The van der Waals surface area contributed by atoms with Gasteiger partial charge in [0.05, 0.1) is 16.2 Å². The molecule has 2 unspecified atom stereocenters. The molecule has 30 heavy (non-hydrogen) atoms. The fraction of sp³-hybridized carbons (Fsp3) is 1.00. The predicted molar refractivity (Wildman–Crippen MR) is 123 cm³/mol. The summed E-state index contributed by atoms with van der Waals surface area (Å²) in [5, 5.41) is 9.15. The van der Waals surface area contributed by atoms with E-state index in [0.29, 0.717) is 12.8 Å². The molecule has 0 aliphatic carbocycles. The zero-order valence-corrected chi connectivity index (χ0v) is 23.2. The molecule has 1 N–H and O–H groups in total. The molecule has 2 atom stereocenters. The van der Waals surface area contributed by atoms with Crippen LogP contribution < -0.4 is 29.6 Å². The average Bonchev–Trinajstić information content (AvgIpc) is 2.67. The van der Waals surface area contributed by atoms with Gasteiger partial charge in [-0.25, -0.2) is 8.42 Å². The van der Waals surface area contributed by atoms with Gasteiger partial charge in [-0.05, 0) is 25.7 Å². The first-order valence-electron chi connectivity index (χ1n) is 12.5. The molecule has 0 amide bonds. The zero-order chi connectivity index (χ0) is 21.8. The molecule has 0 fully saturated rings. The van der Waals surface area contributed by atoms with Crippen LogP contribution in [0.4, 0.5) is 0 Å². The van der Waals surface area contributed by atoms with Crippen LogP contribution in [0.1, 0.15) is 142 Å². The summed E-state index contributed by atoms with van der Waals surface area (Å²) in [4.78, 5) is 0. The van der Waals surface area contributed by atoms with Crippen LogP contribution in [-0.4, -0.2) is 29.4 Å². The molecule has 0 aliphatic rings. The van der Waals surface area contributed by atoms with E-state index in [1.54, 1.807) is 0 Å². The summed E-state index contributed by atoms with van der Waals surface area (Å²) >= 11 is 0. The molecule has 0 radical (unpaired) electrons. The fourth-order valence-corrected chi connectivity index (χ4v) is 4.89. The maximum Gasteiger partial charge on any atom is 1.00 e. The second kappa shape index (κ2) is 23.0. The number of unbranched alkanes of at least 4 members (excludes halogenated alkanes) is 13. The second-order valence-electron chi connectivity index (χ2n) is 8.87. The molecule has 0 saturated carbocycles. The number of aliphatic hydroxyl groups is 1. The average molecular weight is 457 g/mol. The maximum absolute atomic E-state index is 11.5. The Morgan fingerprint density at radius 3 is 1.33 bits per heavy atom. The van der Waals surface area contributed by atoms with Crippen molar-refractivity contribution >= 4 is 10.1 Å². The van der Waals surface area contributed by atoms with E-state index in [2.05, 4.69) is 13.8 Å². The van der Waals surface area contributed by atoms with Gasteiger partial charge >= 0.3 is 29.6 Å². The third kappa shape index (κ3) is 22.1. The van der Waals surface area contributed by atoms with Crippen molar-refractivity contribution in [3.8, 4) is 0 Å². The summed E-state index contributed by atoms with van der Waals surface area (Å²) in [6.45, 7) is 4.34. The summed E-state index contributed by atoms with van der Waals surface area (Å²) < 4.78 is 34.5. The molecule has 176 valence electrons. The molecule has 0 aromatic heterocycles. The van der Waals surface area contributed by atoms with Gasteiger partial charge in [0.25, 0.3) is 0 Å². The van der Waals surface area contributed by atoms with Crippen LogP contribution >= 0.6 is 0 Å². The molecule has 0 rings (SSSR count). The van der Waals surface area contributed by atoms with Gasteiger partial charge in [0, 0.05) is 5.25 Å². The van der Waals surface area contributed by atoms with Crippen molar-refractivity contribution in [2.75, 3.05) is 0 Å². The fourth-order valence-electron chi connectivity index (χ4n) is 3.98. The molecule has 0 aliphatic heterocycles. The Balaban J connectivity index is 0. The molecule has 6 heteroatoms. The van der Waals surface area contributed by atoms with E-state index >= 15 is 0 Å². The topological polar surface area (TPSA) is 77.4 Å². The zero-order valence-electron chi connectivity index (χ0n) is 20.4. The molecule has 4 nitrogen and oxygen atoms in total. The van der Waals surface area contributed by atoms with Crippen molar-refractivity contribution in [1.29, 1.82) is 0 Å². The van der Waals surface area contributed by atoms with E-state index in [9.17, 15) is 18.1 Å². The van der Waals surface area contributed by atoms with Gasteiger partial charge in [0.2, 0.25) is 0 Å². The van der Waals surface area contributed by atoms with Crippen molar-refractivity contribution in [2.45, 2.75) is 154 Å². The normalized spacial score (nSPS) is 13.7. The van der Waals surface area contributed by atoms with E-state index in [4.69, 9.17) is 0 Å². The summed E-state index contributed by atoms with van der Waals surface area (Å²) in [6, 6.07) is 0. The van der Waals surface area contributed by atoms with Crippen LogP contribution in [0.5, 0.6) is 0 Å². The number of rotatable bonds is 22. The number of hydrogen-bond acceptors (Lipinski definition) is 4. The number of hydrogen-bond donors (Lipinski definition) is 1. The van der Waals surface area contributed by atoms with Gasteiger partial charge in [0.15, 0.2) is 0 Å².